The maximum atomic E-state index is 11.8. The van der Waals surface area contributed by atoms with Crippen LogP contribution in [0.5, 0.6) is 0 Å². The van der Waals surface area contributed by atoms with Gasteiger partial charge in [-0.2, -0.15) is 13.8 Å². The summed E-state index contributed by atoms with van der Waals surface area (Å²) in [5.41, 5.74) is 2.97. The zero-order chi connectivity index (χ0) is 12.1. The number of hydrogen-bond acceptors (Lipinski definition) is 3. The van der Waals surface area contributed by atoms with Crippen molar-refractivity contribution in [1.82, 2.24) is 9.97 Å². The Kier molecular flexibility index (Phi) is 3.72. The molecule has 2 aromatic heterocycles. The summed E-state index contributed by atoms with van der Waals surface area (Å²) in [7, 11) is 0. The van der Waals surface area contributed by atoms with Crippen molar-refractivity contribution in [1.29, 1.82) is 0 Å². The van der Waals surface area contributed by atoms with Crippen molar-refractivity contribution in [2.24, 2.45) is 0 Å². The van der Waals surface area contributed by atoms with Crippen LogP contribution >= 0.6 is 11.3 Å². The van der Waals surface area contributed by atoms with Crippen molar-refractivity contribution in [3.63, 3.8) is 0 Å². The van der Waals surface area contributed by atoms with E-state index in [-0.39, 0.29) is 0 Å². The third-order valence-electron chi connectivity index (χ3n) is 1.92. The monoisotopic (exact) mass is 250 g/mol. The van der Waals surface area contributed by atoms with Crippen molar-refractivity contribution in [2.45, 2.75) is 0 Å². The van der Waals surface area contributed by atoms with Crippen molar-refractivity contribution in [3.05, 3.63) is 59.9 Å². The van der Waals surface area contributed by atoms with Crippen molar-refractivity contribution >= 4 is 21.6 Å². The highest BCUT2D eigenvalue weighted by Gasteiger charge is 1.90. The third-order valence-corrected chi connectivity index (χ3v) is 2.73. The summed E-state index contributed by atoms with van der Waals surface area (Å²) in [5, 5.41) is 0. The minimum absolute atomic E-state index is 0.787. The second-order valence-electron chi connectivity index (χ2n) is 3.10. The molecule has 0 radical (unpaired) electrons. The fraction of sp³-hybridized carbons (Fsp3) is 0. The second-order valence-corrected chi connectivity index (χ2v) is 3.99. The molecule has 3 aromatic rings. The van der Waals surface area contributed by atoms with E-state index in [1.165, 1.54) is 10.8 Å². The molecule has 0 atom stereocenters. The Morgan fingerprint density at radius 3 is 2.18 bits per heavy atom. The SMILES string of the molecule is Fc1cccc(F)n1.c1ccc2scnc2c1. The van der Waals surface area contributed by atoms with Crippen LogP contribution in [-0.2, 0) is 0 Å². The summed E-state index contributed by atoms with van der Waals surface area (Å²) in [6.45, 7) is 0. The van der Waals surface area contributed by atoms with Crippen molar-refractivity contribution in [3.8, 4) is 0 Å². The molecule has 0 bridgehead atoms. The molecule has 17 heavy (non-hydrogen) atoms. The van der Waals surface area contributed by atoms with Crippen molar-refractivity contribution < 1.29 is 8.78 Å². The Hall–Kier alpha value is -1.88. The molecule has 86 valence electrons. The molecule has 0 spiro atoms. The summed E-state index contributed by atoms with van der Waals surface area (Å²) < 4.78 is 24.9. The highest BCUT2D eigenvalue weighted by atomic mass is 32.1. The number of halogens is 2. The quantitative estimate of drug-likeness (QED) is 0.569. The van der Waals surface area contributed by atoms with Crippen LogP contribution in [0.1, 0.15) is 0 Å². The van der Waals surface area contributed by atoms with Crippen LogP contribution in [0.3, 0.4) is 0 Å². The van der Waals surface area contributed by atoms with Crippen LogP contribution in [0.25, 0.3) is 10.2 Å². The topological polar surface area (TPSA) is 25.8 Å². The first-order valence-corrected chi connectivity index (χ1v) is 5.70. The zero-order valence-corrected chi connectivity index (χ0v) is 9.49. The summed E-state index contributed by atoms with van der Waals surface area (Å²) >= 11 is 1.68. The number of nitrogens with zero attached hydrogens (tertiary/aromatic N) is 2. The Bertz CT molecular complexity index is 563. The Balaban J connectivity index is 0.000000128. The van der Waals surface area contributed by atoms with Gasteiger partial charge in [0.1, 0.15) is 0 Å². The van der Waals surface area contributed by atoms with Gasteiger partial charge in [0.05, 0.1) is 15.7 Å². The fourth-order valence-electron chi connectivity index (χ4n) is 1.19. The molecule has 0 unspecified atom stereocenters. The van der Waals surface area contributed by atoms with Gasteiger partial charge in [0.25, 0.3) is 0 Å². The van der Waals surface area contributed by atoms with E-state index in [1.807, 2.05) is 23.7 Å². The molecule has 0 aliphatic carbocycles. The van der Waals surface area contributed by atoms with Gasteiger partial charge in [-0.3, -0.25) is 0 Å². The largest absolute Gasteiger partial charge is 0.245 e. The van der Waals surface area contributed by atoms with Gasteiger partial charge in [0, 0.05) is 0 Å². The fourth-order valence-corrected chi connectivity index (χ4v) is 1.87. The van der Waals surface area contributed by atoms with Crippen LogP contribution in [0.2, 0.25) is 0 Å². The normalized spacial score (nSPS) is 9.76. The maximum absolute atomic E-state index is 11.8. The van der Waals surface area contributed by atoms with E-state index in [0.29, 0.717) is 0 Å². The second kappa shape index (κ2) is 5.45. The molecule has 0 saturated heterocycles. The Morgan fingerprint density at radius 2 is 1.59 bits per heavy atom. The van der Waals surface area contributed by atoms with Gasteiger partial charge in [-0.1, -0.05) is 18.2 Å². The van der Waals surface area contributed by atoms with E-state index in [0.717, 1.165) is 17.6 Å². The van der Waals surface area contributed by atoms with E-state index in [4.69, 9.17) is 0 Å². The number of para-hydroxylation sites is 1. The standard InChI is InChI=1S/C7H5NS.C5H3F2N/c1-2-4-7-6(3-1)8-5-9-7;6-4-2-1-3-5(7)8-4/h1-5H;1-3H. The van der Waals surface area contributed by atoms with E-state index in [1.54, 1.807) is 11.3 Å². The molecule has 0 amide bonds. The summed E-state index contributed by atoms with van der Waals surface area (Å²) in [4.78, 5) is 6.98. The third kappa shape index (κ3) is 3.29. The lowest BCUT2D eigenvalue weighted by Gasteiger charge is -1.83. The highest BCUT2D eigenvalue weighted by molar-refractivity contribution is 7.16. The number of rotatable bonds is 0. The molecule has 1 aromatic carbocycles. The van der Waals surface area contributed by atoms with Crippen LogP contribution in [-0.4, -0.2) is 9.97 Å². The molecule has 0 aliphatic rings. The van der Waals surface area contributed by atoms with Crippen molar-refractivity contribution in [2.75, 3.05) is 0 Å². The number of hydrogen-bond donors (Lipinski definition) is 0. The van der Waals surface area contributed by atoms with Gasteiger partial charge in [0.15, 0.2) is 0 Å². The lowest BCUT2D eigenvalue weighted by atomic mass is 10.3. The molecule has 0 saturated carbocycles. The summed E-state index contributed by atoms with van der Waals surface area (Å²) in [5.74, 6) is -1.57. The Morgan fingerprint density at radius 1 is 0.882 bits per heavy atom. The van der Waals surface area contributed by atoms with Gasteiger partial charge in [0.2, 0.25) is 11.9 Å². The minimum atomic E-state index is -0.787. The van der Waals surface area contributed by atoms with Gasteiger partial charge in [-0.25, -0.2) is 4.98 Å². The van der Waals surface area contributed by atoms with Gasteiger partial charge < -0.3 is 0 Å². The summed E-state index contributed by atoms with van der Waals surface area (Å²) in [6, 6.07) is 11.6. The molecule has 2 nitrogen and oxygen atoms in total. The van der Waals surface area contributed by atoms with E-state index >= 15 is 0 Å². The van der Waals surface area contributed by atoms with Crippen LogP contribution in [0, 0.1) is 11.9 Å². The van der Waals surface area contributed by atoms with Crippen LogP contribution in [0.15, 0.2) is 48.0 Å². The molecular weight excluding hydrogens is 242 g/mol. The van der Waals surface area contributed by atoms with Gasteiger partial charge in [-0.05, 0) is 24.3 Å². The molecule has 2 heterocycles. The number of thiazole rings is 1. The number of aromatic nitrogens is 2. The highest BCUT2D eigenvalue weighted by Crippen LogP contribution is 2.15. The average molecular weight is 250 g/mol. The Labute approximate surface area is 101 Å². The van der Waals surface area contributed by atoms with Crippen LogP contribution in [0.4, 0.5) is 8.78 Å². The van der Waals surface area contributed by atoms with Gasteiger partial charge in [-0.15, -0.1) is 11.3 Å². The van der Waals surface area contributed by atoms with Gasteiger partial charge >= 0.3 is 0 Å². The first-order chi connectivity index (χ1) is 8.25. The predicted octanol–water partition coefficient (Wildman–Crippen LogP) is 3.66. The summed E-state index contributed by atoms with van der Waals surface area (Å²) in [6.07, 6.45) is 0. The van der Waals surface area contributed by atoms with E-state index in [2.05, 4.69) is 16.0 Å². The smallest absolute Gasteiger partial charge is 0.215 e. The molecule has 3 rings (SSSR count). The average Bonchev–Trinajstić information content (AvgIpc) is 2.77. The molecule has 0 aliphatic heterocycles. The minimum Gasteiger partial charge on any atom is -0.245 e. The maximum Gasteiger partial charge on any atom is 0.215 e. The molecule has 0 fully saturated rings. The number of pyridine rings is 1. The van der Waals surface area contributed by atoms with E-state index < -0.39 is 11.9 Å². The zero-order valence-electron chi connectivity index (χ0n) is 8.68. The lowest BCUT2D eigenvalue weighted by molar-refractivity contribution is 0.513. The molecular formula is C12H8F2N2S. The van der Waals surface area contributed by atoms with Crippen LogP contribution < -0.4 is 0 Å². The number of fused-ring (bicyclic) bond motifs is 1. The molecule has 0 N–H and O–H groups in total. The first-order valence-electron chi connectivity index (χ1n) is 4.82. The first kappa shape index (κ1) is 11.6. The van der Waals surface area contributed by atoms with E-state index in [9.17, 15) is 8.78 Å². The molecule has 5 heteroatoms. The number of benzene rings is 1. The lowest BCUT2D eigenvalue weighted by Crippen LogP contribution is -1.83. The predicted molar refractivity (Wildman–Crippen MR) is 63.8 cm³/mol.